The predicted octanol–water partition coefficient (Wildman–Crippen LogP) is 1.72. The van der Waals surface area contributed by atoms with Gasteiger partial charge in [-0.1, -0.05) is 4.99 Å². The van der Waals surface area contributed by atoms with E-state index in [0.29, 0.717) is 0 Å². The van der Waals surface area contributed by atoms with E-state index < -0.39 is 0 Å². The van der Waals surface area contributed by atoms with E-state index in [1.807, 2.05) is 26.1 Å². The number of allylic oxidation sites excluding steroid dienone is 3. The van der Waals surface area contributed by atoms with Gasteiger partial charge >= 0.3 is 0 Å². The van der Waals surface area contributed by atoms with Gasteiger partial charge in [-0.25, -0.2) is 0 Å². The standard InChI is InChI=1S/C7H8N/c1-6-3-4-8-5-7(6)2/h3,5H,1-2H3/q+1. The van der Waals surface area contributed by atoms with Gasteiger partial charge < -0.3 is 0 Å². The molecule has 0 aromatic rings. The predicted molar refractivity (Wildman–Crippen MR) is 34.7 cm³/mol. The van der Waals surface area contributed by atoms with Crippen molar-refractivity contribution in [2.45, 2.75) is 13.8 Å². The molecular formula is C7H8N+. The fraction of sp³-hybridized carbons (Fsp3) is 0.286. The SMILES string of the molecule is CC1=C(C)C=N[C+]=C1. The van der Waals surface area contributed by atoms with Crippen molar-refractivity contribution in [1.82, 2.24) is 0 Å². The van der Waals surface area contributed by atoms with E-state index in [1.54, 1.807) is 0 Å². The second-order valence-electron chi connectivity index (χ2n) is 1.90. The van der Waals surface area contributed by atoms with Crippen molar-refractivity contribution >= 4 is 6.21 Å². The van der Waals surface area contributed by atoms with Gasteiger partial charge in [-0.2, -0.15) is 0 Å². The highest BCUT2D eigenvalue weighted by Gasteiger charge is 2.02. The molecule has 0 saturated heterocycles. The number of rotatable bonds is 0. The van der Waals surface area contributed by atoms with Crippen LogP contribution in [0.3, 0.4) is 0 Å². The number of hydrogen-bond donors (Lipinski definition) is 0. The quantitative estimate of drug-likeness (QED) is 0.417. The van der Waals surface area contributed by atoms with Gasteiger partial charge in [-0.3, -0.25) is 0 Å². The van der Waals surface area contributed by atoms with E-state index >= 15 is 0 Å². The zero-order valence-corrected chi connectivity index (χ0v) is 5.10. The summed E-state index contributed by atoms with van der Waals surface area (Å²) >= 11 is 0. The van der Waals surface area contributed by atoms with Gasteiger partial charge in [0.05, 0.1) is 11.1 Å². The van der Waals surface area contributed by atoms with E-state index in [9.17, 15) is 0 Å². The Morgan fingerprint density at radius 2 is 2.12 bits per heavy atom. The van der Waals surface area contributed by atoms with Gasteiger partial charge in [0.2, 0.25) is 0 Å². The number of nitrogens with zero attached hydrogens (tertiary/aromatic N) is 1. The molecule has 0 bridgehead atoms. The first-order valence-corrected chi connectivity index (χ1v) is 2.60. The fourth-order valence-electron chi connectivity index (χ4n) is 0.484. The lowest BCUT2D eigenvalue weighted by Gasteiger charge is -1.86. The van der Waals surface area contributed by atoms with Crippen molar-refractivity contribution in [3.8, 4) is 0 Å². The normalized spacial score (nSPS) is 16.8. The largest absolute Gasteiger partial charge is 0.156 e. The van der Waals surface area contributed by atoms with Crippen LogP contribution in [0.2, 0.25) is 0 Å². The van der Waals surface area contributed by atoms with Crippen molar-refractivity contribution in [2.75, 3.05) is 0 Å². The van der Waals surface area contributed by atoms with Gasteiger partial charge in [0.25, 0.3) is 0 Å². The molecule has 0 spiro atoms. The maximum Gasteiger partial charge on any atom is 0.156 e. The molecule has 0 amide bonds. The topological polar surface area (TPSA) is 12.4 Å². The average Bonchev–Trinajstić information content (AvgIpc) is 1.77. The molecule has 1 heteroatoms. The van der Waals surface area contributed by atoms with Crippen molar-refractivity contribution in [1.29, 1.82) is 0 Å². The molecule has 1 heterocycles. The minimum atomic E-state index is 1.23. The van der Waals surface area contributed by atoms with Gasteiger partial charge in [-0.05, 0) is 6.92 Å². The van der Waals surface area contributed by atoms with Crippen molar-refractivity contribution in [2.24, 2.45) is 4.99 Å². The molecule has 1 aliphatic rings. The smallest absolute Gasteiger partial charge is 0.0740 e. The molecule has 0 aromatic carbocycles. The van der Waals surface area contributed by atoms with Crippen LogP contribution >= 0.6 is 0 Å². The third-order valence-corrected chi connectivity index (χ3v) is 1.24. The molecule has 0 radical (unpaired) electrons. The molecule has 40 valence electrons. The molecule has 0 aliphatic carbocycles. The summed E-state index contributed by atoms with van der Waals surface area (Å²) in [6, 6.07) is 0. The lowest BCUT2D eigenvalue weighted by atomic mass is 10.1. The summed E-state index contributed by atoms with van der Waals surface area (Å²) in [5.74, 6) is 0. The monoisotopic (exact) mass is 106 g/mol. The molecule has 1 aliphatic heterocycles. The van der Waals surface area contributed by atoms with Gasteiger partial charge in [0.1, 0.15) is 12.3 Å². The van der Waals surface area contributed by atoms with E-state index in [4.69, 9.17) is 0 Å². The Morgan fingerprint density at radius 3 is 2.50 bits per heavy atom. The van der Waals surface area contributed by atoms with E-state index in [2.05, 4.69) is 11.2 Å². The zero-order chi connectivity index (χ0) is 5.98. The maximum absolute atomic E-state index is 3.82. The number of hydrogen-bond acceptors (Lipinski definition) is 1. The molecule has 0 atom stereocenters. The van der Waals surface area contributed by atoms with Crippen molar-refractivity contribution < 1.29 is 0 Å². The molecule has 1 nitrogen and oxygen atoms in total. The summed E-state index contributed by atoms with van der Waals surface area (Å²) in [6.45, 7) is 4.09. The summed E-state index contributed by atoms with van der Waals surface area (Å²) < 4.78 is 0. The fourth-order valence-corrected chi connectivity index (χ4v) is 0.484. The Hall–Kier alpha value is -0.940. The van der Waals surface area contributed by atoms with E-state index in [1.165, 1.54) is 11.1 Å². The Labute approximate surface area is 49.4 Å². The second-order valence-corrected chi connectivity index (χ2v) is 1.90. The van der Waals surface area contributed by atoms with Crippen LogP contribution in [0, 0.1) is 6.20 Å². The third kappa shape index (κ3) is 0.824. The average molecular weight is 106 g/mol. The van der Waals surface area contributed by atoms with Gasteiger partial charge in [0, 0.05) is 6.92 Å². The lowest BCUT2D eigenvalue weighted by Crippen LogP contribution is -1.85. The van der Waals surface area contributed by atoms with E-state index in [-0.39, 0.29) is 0 Å². The van der Waals surface area contributed by atoms with Crippen LogP contribution in [0.5, 0.6) is 0 Å². The highest BCUT2D eigenvalue weighted by Crippen LogP contribution is 2.05. The zero-order valence-electron chi connectivity index (χ0n) is 5.10. The van der Waals surface area contributed by atoms with Gasteiger partial charge in [0.15, 0.2) is 6.20 Å². The molecule has 0 fully saturated rings. The van der Waals surface area contributed by atoms with Crippen LogP contribution in [0.15, 0.2) is 22.2 Å². The molecular weight excluding hydrogens is 98.1 g/mol. The highest BCUT2D eigenvalue weighted by atomic mass is 14.7. The highest BCUT2D eigenvalue weighted by molar-refractivity contribution is 5.80. The van der Waals surface area contributed by atoms with Crippen molar-refractivity contribution in [3.63, 3.8) is 0 Å². The first-order valence-electron chi connectivity index (χ1n) is 2.60. The van der Waals surface area contributed by atoms with E-state index in [0.717, 1.165) is 0 Å². The molecule has 0 aromatic heterocycles. The van der Waals surface area contributed by atoms with Crippen LogP contribution in [0.25, 0.3) is 0 Å². The maximum atomic E-state index is 3.82. The first kappa shape index (κ1) is 5.20. The molecule has 0 unspecified atom stereocenters. The summed E-state index contributed by atoms with van der Waals surface area (Å²) in [5.41, 5.74) is 2.48. The summed E-state index contributed by atoms with van der Waals surface area (Å²) in [7, 11) is 0. The Morgan fingerprint density at radius 1 is 1.38 bits per heavy atom. The van der Waals surface area contributed by atoms with Gasteiger partial charge in [-0.15, -0.1) is 0 Å². The minimum Gasteiger partial charge on any atom is -0.0740 e. The molecule has 0 N–H and O–H groups in total. The van der Waals surface area contributed by atoms with Crippen molar-refractivity contribution in [3.05, 3.63) is 23.4 Å². The van der Waals surface area contributed by atoms with Crippen LogP contribution < -0.4 is 0 Å². The van der Waals surface area contributed by atoms with Crippen LogP contribution in [-0.2, 0) is 0 Å². The molecule has 8 heavy (non-hydrogen) atoms. The Bertz CT molecular complexity index is 153. The van der Waals surface area contributed by atoms with Crippen LogP contribution in [0.4, 0.5) is 0 Å². The van der Waals surface area contributed by atoms with Crippen LogP contribution in [-0.4, -0.2) is 6.21 Å². The van der Waals surface area contributed by atoms with Crippen LogP contribution in [0.1, 0.15) is 13.8 Å². The minimum absolute atomic E-state index is 1.23. The first-order chi connectivity index (χ1) is 3.80. The summed E-state index contributed by atoms with van der Waals surface area (Å²) in [6.07, 6.45) is 6.45. The summed E-state index contributed by atoms with van der Waals surface area (Å²) in [4.78, 5) is 3.82. The molecule has 1 rings (SSSR count). The number of aliphatic imine (C=N–C) groups is 1. The molecule has 0 saturated carbocycles. The lowest BCUT2D eigenvalue weighted by molar-refractivity contribution is 1.34. The summed E-state index contributed by atoms with van der Waals surface area (Å²) in [5, 5.41) is 0. The third-order valence-electron chi connectivity index (χ3n) is 1.24. The Kier molecular flexibility index (Phi) is 1.23. The second kappa shape index (κ2) is 1.89. The Balaban J connectivity index is 2.97.